The third kappa shape index (κ3) is 2.52. The molecule has 0 aromatic carbocycles. The third-order valence-corrected chi connectivity index (χ3v) is 3.28. The summed E-state index contributed by atoms with van der Waals surface area (Å²) in [5, 5.41) is 11.5. The summed E-state index contributed by atoms with van der Waals surface area (Å²) in [7, 11) is 0. The summed E-state index contributed by atoms with van der Waals surface area (Å²) in [4.78, 5) is 24.5. The largest absolute Gasteiger partial charge is 0.480 e. The molecular weight excluding hydrogens is 224 g/mol. The Hall–Kier alpha value is -1.30. The predicted molar refractivity (Wildman–Crippen MR) is 59.7 cm³/mol. The van der Waals surface area contributed by atoms with Gasteiger partial charge in [-0.25, -0.2) is 9.59 Å². The minimum Gasteiger partial charge on any atom is -0.480 e. The first-order chi connectivity index (χ1) is 7.88. The molecule has 0 saturated carbocycles. The van der Waals surface area contributed by atoms with Crippen LogP contribution in [0.4, 0.5) is 4.79 Å². The number of rotatable bonds is 2. The second-order valence-electron chi connectivity index (χ2n) is 5.22. The molecule has 0 aromatic heterocycles. The van der Waals surface area contributed by atoms with Crippen molar-refractivity contribution in [2.24, 2.45) is 0 Å². The highest BCUT2D eigenvalue weighted by Gasteiger charge is 2.38. The third-order valence-electron chi connectivity index (χ3n) is 3.28. The summed E-state index contributed by atoms with van der Waals surface area (Å²) in [6, 6.07) is -0.322. The van der Waals surface area contributed by atoms with Crippen molar-refractivity contribution in [3.05, 3.63) is 0 Å². The molecule has 2 atom stereocenters. The minimum absolute atomic E-state index is 0.118. The maximum Gasteiger partial charge on any atom is 0.328 e. The monoisotopic (exact) mass is 242 g/mol. The number of aliphatic carboxylic acids is 1. The van der Waals surface area contributed by atoms with Crippen molar-refractivity contribution < 1.29 is 19.4 Å². The summed E-state index contributed by atoms with van der Waals surface area (Å²) in [5.74, 6) is -1.04. The lowest BCUT2D eigenvalue weighted by atomic mass is 10.1. The van der Waals surface area contributed by atoms with Gasteiger partial charge in [-0.15, -0.1) is 0 Å². The van der Waals surface area contributed by atoms with Crippen LogP contribution < -0.4 is 5.32 Å². The SMILES string of the molecule is CC(C)(NC(=O)N1CC2CCC(C1)O2)C(=O)O. The fourth-order valence-electron chi connectivity index (χ4n) is 2.18. The van der Waals surface area contributed by atoms with E-state index in [0.717, 1.165) is 12.8 Å². The molecule has 96 valence electrons. The van der Waals surface area contributed by atoms with Crippen molar-refractivity contribution in [2.75, 3.05) is 13.1 Å². The summed E-state index contributed by atoms with van der Waals surface area (Å²) in [5.41, 5.74) is -1.24. The first-order valence-electron chi connectivity index (χ1n) is 5.84. The average molecular weight is 242 g/mol. The number of carboxylic acid groups (broad SMARTS) is 1. The molecule has 0 radical (unpaired) electrons. The van der Waals surface area contributed by atoms with E-state index in [1.165, 1.54) is 13.8 Å². The fourth-order valence-corrected chi connectivity index (χ4v) is 2.18. The number of amides is 2. The lowest BCUT2D eigenvalue weighted by Crippen LogP contribution is -2.57. The number of nitrogens with zero attached hydrogens (tertiary/aromatic N) is 1. The summed E-state index contributed by atoms with van der Waals surface area (Å²) >= 11 is 0. The van der Waals surface area contributed by atoms with Gasteiger partial charge in [0.1, 0.15) is 5.54 Å². The van der Waals surface area contributed by atoms with Crippen molar-refractivity contribution in [3.8, 4) is 0 Å². The zero-order valence-corrected chi connectivity index (χ0v) is 10.1. The van der Waals surface area contributed by atoms with Crippen LogP contribution >= 0.6 is 0 Å². The number of ether oxygens (including phenoxy) is 1. The summed E-state index contributed by atoms with van der Waals surface area (Å²) < 4.78 is 5.62. The Morgan fingerprint density at radius 1 is 1.29 bits per heavy atom. The van der Waals surface area contributed by atoms with E-state index in [1.54, 1.807) is 4.90 Å². The van der Waals surface area contributed by atoms with Gasteiger partial charge in [-0.3, -0.25) is 0 Å². The highest BCUT2D eigenvalue weighted by Crippen LogP contribution is 2.26. The molecule has 2 saturated heterocycles. The molecule has 2 unspecified atom stereocenters. The van der Waals surface area contributed by atoms with E-state index in [-0.39, 0.29) is 18.2 Å². The van der Waals surface area contributed by atoms with Crippen LogP contribution in [0, 0.1) is 0 Å². The number of nitrogens with one attached hydrogen (secondary N) is 1. The van der Waals surface area contributed by atoms with Gasteiger partial charge in [0.05, 0.1) is 12.2 Å². The van der Waals surface area contributed by atoms with Gasteiger partial charge in [0.2, 0.25) is 0 Å². The molecule has 6 nitrogen and oxygen atoms in total. The van der Waals surface area contributed by atoms with Crippen LogP contribution in [0.25, 0.3) is 0 Å². The molecule has 0 aliphatic carbocycles. The molecule has 17 heavy (non-hydrogen) atoms. The standard InChI is InChI=1S/C11H18N2O4/c1-11(2,9(14)15)12-10(16)13-5-7-3-4-8(6-13)17-7/h7-8H,3-6H2,1-2H3,(H,12,16)(H,14,15). The summed E-state index contributed by atoms with van der Waals surface area (Å²) in [6.45, 7) is 4.06. The maximum atomic E-state index is 11.9. The quantitative estimate of drug-likeness (QED) is 0.735. The smallest absolute Gasteiger partial charge is 0.328 e. The molecular formula is C11H18N2O4. The van der Waals surface area contributed by atoms with E-state index in [9.17, 15) is 9.59 Å². The average Bonchev–Trinajstić information content (AvgIpc) is 2.56. The topological polar surface area (TPSA) is 78.9 Å². The zero-order valence-electron chi connectivity index (χ0n) is 10.1. The van der Waals surface area contributed by atoms with Crippen LogP contribution in [0.15, 0.2) is 0 Å². The van der Waals surface area contributed by atoms with Gasteiger partial charge >= 0.3 is 12.0 Å². The van der Waals surface area contributed by atoms with Gasteiger partial charge in [-0.1, -0.05) is 0 Å². The lowest BCUT2D eigenvalue weighted by molar-refractivity contribution is -0.143. The normalized spacial score (nSPS) is 28.0. The predicted octanol–water partition coefficient (Wildman–Crippen LogP) is 0.422. The van der Waals surface area contributed by atoms with Crippen LogP contribution in [0.5, 0.6) is 0 Å². The molecule has 2 fully saturated rings. The Labute approximate surface area is 99.9 Å². The Morgan fingerprint density at radius 3 is 2.29 bits per heavy atom. The van der Waals surface area contributed by atoms with Crippen LogP contribution in [0.1, 0.15) is 26.7 Å². The van der Waals surface area contributed by atoms with Crippen LogP contribution in [-0.4, -0.2) is 52.8 Å². The van der Waals surface area contributed by atoms with Crippen molar-refractivity contribution >= 4 is 12.0 Å². The van der Waals surface area contributed by atoms with Crippen molar-refractivity contribution in [3.63, 3.8) is 0 Å². The number of hydrogen-bond donors (Lipinski definition) is 2. The summed E-state index contributed by atoms with van der Waals surface area (Å²) in [6.07, 6.45) is 2.20. The van der Waals surface area contributed by atoms with Gasteiger partial charge in [-0.05, 0) is 26.7 Å². The number of morpholine rings is 1. The molecule has 2 heterocycles. The molecule has 0 aromatic rings. The van der Waals surface area contributed by atoms with E-state index in [2.05, 4.69) is 5.32 Å². The Balaban J connectivity index is 1.95. The second kappa shape index (κ2) is 4.18. The van der Waals surface area contributed by atoms with E-state index >= 15 is 0 Å². The molecule has 2 aliphatic rings. The van der Waals surface area contributed by atoms with Crippen LogP contribution in [-0.2, 0) is 9.53 Å². The molecule has 2 amide bonds. The van der Waals surface area contributed by atoms with Crippen molar-refractivity contribution in [1.29, 1.82) is 0 Å². The highest BCUT2D eigenvalue weighted by molar-refractivity contribution is 5.85. The molecule has 2 rings (SSSR count). The number of urea groups is 1. The fraction of sp³-hybridized carbons (Fsp3) is 0.818. The van der Waals surface area contributed by atoms with Gasteiger partial charge in [0.25, 0.3) is 0 Å². The number of carbonyl (C=O) groups is 2. The second-order valence-corrected chi connectivity index (χ2v) is 5.22. The Kier molecular flexibility index (Phi) is 2.99. The highest BCUT2D eigenvalue weighted by atomic mass is 16.5. The van der Waals surface area contributed by atoms with E-state index in [0.29, 0.717) is 13.1 Å². The van der Waals surface area contributed by atoms with E-state index < -0.39 is 11.5 Å². The molecule has 2 N–H and O–H groups in total. The first kappa shape index (κ1) is 12.2. The van der Waals surface area contributed by atoms with Gasteiger partial charge < -0.3 is 20.1 Å². The van der Waals surface area contributed by atoms with Gasteiger partial charge in [0, 0.05) is 13.1 Å². The zero-order chi connectivity index (χ0) is 12.6. The van der Waals surface area contributed by atoms with E-state index in [1.807, 2.05) is 0 Å². The van der Waals surface area contributed by atoms with Gasteiger partial charge in [-0.2, -0.15) is 0 Å². The Morgan fingerprint density at radius 2 is 1.82 bits per heavy atom. The Bertz CT molecular complexity index is 330. The van der Waals surface area contributed by atoms with Crippen LogP contribution in [0.2, 0.25) is 0 Å². The van der Waals surface area contributed by atoms with Crippen LogP contribution in [0.3, 0.4) is 0 Å². The number of carboxylic acids is 1. The lowest BCUT2D eigenvalue weighted by Gasteiger charge is -2.34. The number of carbonyl (C=O) groups excluding carboxylic acids is 1. The number of likely N-dealkylation sites (tertiary alicyclic amines) is 1. The van der Waals surface area contributed by atoms with Crippen molar-refractivity contribution in [1.82, 2.24) is 10.2 Å². The first-order valence-corrected chi connectivity index (χ1v) is 5.84. The maximum absolute atomic E-state index is 11.9. The number of fused-ring (bicyclic) bond motifs is 2. The van der Waals surface area contributed by atoms with E-state index in [4.69, 9.17) is 9.84 Å². The molecule has 0 spiro atoms. The van der Waals surface area contributed by atoms with Gasteiger partial charge in [0.15, 0.2) is 0 Å². The minimum atomic E-state index is -1.24. The molecule has 2 bridgehead atoms. The van der Waals surface area contributed by atoms with Crippen molar-refractivity contribution in [2.45, 2.75) is 44.4 Å². The number of hydrogen-bond acceptors (Lipinski definition) is 3. The molecule has 2 aliphatic heterocycles. The molecule has 6 heteroatoms.